The molecule has 2 bridgehead atoms. The van der Waals surface area contributed by atoms with Gasteiger partial charge in [0.1, 0.15) is 11.4 Å². The lowest BCUT2D eigenvalue weighted by atomic mass is 10.0. The second-order valence-electron chi connectivity index (χ2n) is 11.5. The number of nitrogen functional groups attached to an aromatic ring is 1. The molecule has 2 aromatic heterocycles. The van der Waals surface area contributed by atoms with Crippen molar-refractivity contribution in [2.24, 2.45) is 0 Å². The summed E-state index contributed by atoms with van der Waals surface area (Å²) in [5.74, 6) is -0.570. The van der Waals surface area contributed by atoms with Gasteiger partial charge in [0.05, 0.1) is 46.3 Å². The van der Waals surface area contributed by atoms with Gasteiger partial charge in [-0.1, -0.05) is 11.3 Å². The van der Waals surface area contributed by atoms with Gasteiger partial charge >= 0.3 is 6.09 Å². The van der Waals surface area contributed by atoms with Gasteiger partial charge in [-0.25, -0.2) is 9.18 Å². The van der Waals surface area contributed by atoms with E-state index in [-0.39, 0.29) is 46.7 Å². The number of pyridine rings is 1. The molecule has 0 aliphatic carbocycles. The molecule has 3 N–H and O–H groups in total. The summed E-state index contributed by atoms with van der Waals surface area (Å²) in [7, 11) is 0. The summed E-state index contributed by atoms with van der Waals surface area (Å²) in [6, 6.07) is 6.30. The zero-order valence-corrected chi connectivity index (χ0v) is 24.0. The quantitative estimate of drug-likeness (QED) is 0.425. The molecule has 0 saturated carbocycles. The van der Waals surface area contributed by atoms with Crippen molar-refractivity contribution in [3.8, 4) is 27.9 Å². The number of carbonyl (C=O) groups excluding carboxylic acids is 1. The predicted molar refractivity (Wildman–Crippen MR) is 154 cm³/mol. The summed E-state index contributed by atoms with van der Waals surface area (Å²) in [5, 5.41) is 22.8. The maximum absolute atomic E-state index is 14.8. The van der Waals surface area contributed by atoms with Crippen LogP contribution in [0.2, 0.25) is 0 Å². The Bertz CT molecular complexity index is 1460. The van der Waals surface area contributed by atoms with Crippen molar-refractivity contribution in [3.63, 3.8) is 0 Å². The van der Waals surface area contributed by atoms with Crippen LogP contribution in [0.15, 0.2) is 24.4 Å². The summed E-state index contributed by atoms with van der Waals surface area (Å²) >= 11 is 1.43. The molecule has 40 heavy (non-hydrogen) atoms. The normalized spacial score (nSPS) is 18.6. The van der Waals surface area contributed by atoms with E-state index in [0.717, 1.165) is 18.0 Å². The highest BCUT2D eigenvalue weighted by atomic mass is 32.1. The third-order valence-electron chi connectivity index (χ3n) is 6.90. The van der Waals surface area contributed by atoms with Crippen molar-refractivity contribution < 1.29 is 13.9 Å². The number of nitrogens with two attached hydrogens (primary N) is 1. The number of aromatic nitrogens is 3. The number of piperazine rings is 1. The molecule has 10 nitrogen and oxygen atoms in total. The number of rotatable bonds is 5. The van der Waals surface area contributed by atoms with Crippen LogP contribution in [0.25, 0.3) is 21.8 Å². The SMILES string of the molecule is CC(C)Nc1c(-c2nnc(N3CC4CCC(C3)N4C(=O)OC(C)(C)C)s2)cnc(-c2ccc(C#N)cc2F)c1N. The number of nitriles is 1. The van der Waals surface area contributed by atoms with Gasteiger partial charge in [-0.2, -0.15) is 5.26 Å². The highest BCUT2D eigenvalue weighted by molar-refractivity contribution is 7.18. The Morgan fingerprint density at radius 3 is 2.52 bits per heavy atom. The lowest BCUT2D eigenvalue weighted by molar-refractivity contribution is 0.0123. The molecule has 210 valence electrons. The zero-order chi connectivity index (χ0) is 28.8. The molecular weight excluding hydrogens is 531 g/mol. The van der Waals surface area contributed by atoms with E-state index in [1.54, 1.807) is 6.20 Å². The van der Waals surface area contributed by atoms with E-state index >= 15 is 0 Å². The molecule has 2 fully saturated rings. The van der Waals surface area contributed by atoms with Crippen molar-refractivity contribution in [1.29, 1.82) is 5.26 Å². The van der Waals surface area contributed by atoms with Crippen LogP contribution in [-0.4, -0.2) is 63.0 Å². The first-order valence-corrected chi connectivity index (χ1v) is 14.1. The van der Waals surface area contributed by atoms with E-state index in [9.17, 15) is 9.18 Å². The number of halogens is 1. The third-order valence-corrected chi connectivity index (χ3v) is 7.92. The van der Waals surface area contributed by atoms with Crippen LogP contribution in [0.1, 0.15) is 53.0 Å². The van der Waals surface area contributed by atoms with Crippen molar-refractivity contribution in [1.82, 2.24) is 20.1 Å². The monoisotopic (exact) mass is 564 g/mol. The number of nitrogens with zero attached hydrogens (tertiary/aromatic N) is 6. The third kappa shape index (κ3) is 5.38. The van der Waals surface area contributed by atoms with Gasteiger partial charge in [0.2, 0.25) is 5.13 Å². The van der Waals surface area contributed by atoms with E-state index in [4.69, 9.17) is 15.7 Å². The zero-order valence-electron chi connectivity index (χ0n) is 23.2. The Morgan fingerprint density at radius 2 is 1.93 bits per heavy atom. The van der Waals surface area contributed by atoms with Crippen molar-refractivity contribution in [3.05, 3.63) is 35.8 Å². The summed E-state index contributed by atoms with van der Waals surface area (Å²) in [4.78, 5) is 21.4. The number of ether oxygens (including phenoxy) is 1. The summed E-state index contributed by atoms with van der Waals surface area (Å²) in [6.45, 7) is 10.9. The van der Waals surface area contributed by atoms with E-state index in [1.807, 2.05) is 45.6 Å². The number of hydrogen-bond acceptors (Lipinski definition) is 10. The van der Waals surface area contributed by atoms with E-state index in [0.29, 0.717) is 29.3 Å². The summed E-state index contributed by atoms with van der Waals surface area (Å²) in [6.07, 6.45) is 3.20. The number of nitrogens with one attached hydrogen (secondary N) is 1. The standard InChI is InChI=1S/C28H33FN8O2S/c1-15(2)33-24-20(12-32-23(22(24)31)19-9-6-16(11-30)10-21(19)29)25-34-35-26(40-25)36-13-17-7-8-18(14-36)37(17)27(38)39-28(3,4)5/h6,9-10,12,15,17-18H,7-8,13-14,31H2,1-5H3,(H,32,33). The first-order valence-electron chi connectivity index (χ1n) is 13.3. The minimum atomic E-state index is -0.570. The number of carbonyl (C=O) groups is 1. The molecule has 12 heteroatoms. The summed E-state index contributed by atoms with van der Waals surface area (Å²) in [5.41, 5.74) is 8.30. The van der Waals surface area contributed by atoms with Crippen molar-refractivity contribution >= 4 is 33.9 Å². The van der Waals surface area contributed by atoms with Gasteiger partial charge in [0.25, 0.3) is 0 Å². The van der Waals surface area contributed by atoms with Crippen LogP contribution in [0.4, 0.5) is 25.7 Å². The maximum Gasteiger partial charge on any atom is 0.410 e. The number of hydrogen-bond donors (Lipinski definition) is 2. The van der Waals surface area contributed by atoms with Crippen LogP contribution in [0, 0.1) is 17.1 Å². The van der Waals surface area contributed by atoms with Crippen LogP contribution in [-0.2, 0) is 4.74 Å². The Labute approximate surface area is 237 Å². The minimum absolute atomic E-state index is 0.0334. The molecule has 2 unspecified atom stereocenters. The second-order valence-corrected chi connectivity index (χ2v) is 12.4. The molecule has 2 aliphatic rings. The fourth-order valence-corrected chi connectivity index (χ4v) is 6.13. The Balaban J connectivity index is 1.42. The lowest BCUT2D eigenvalue weighted by Crippen LogP contribution is -2.56. The average Bonchev–Trinajstić information content (AvgIpc) is 3.47. The van der Waals surface area contributed by atoms with E-state index < -0.39 is 11.4 Å². The number of anilines is 3. The largest absolute Gasteiger partial charge is 0.444 e. The molecule has 1 aromatic carbocycles. The van der Waals surface area contributed by atoms with Gasteiger partial charge in [0, 0.05) is 30.9 Å². The summed E-state index contributed by atoms with van der Waals surface area (Å²) < 4.78 is 20.5. The molecule has 2 aliphatic heterocycles. The molecule has 5 rings (SSSR count). The Hall–Kier alpha value is -3.98. The highest BCUT2D eigenvalue weighted by Gasteiger charge is 2.45. The first-order chi connectivity index (χ1) is 18.9. The lowest BCUT2D eigenvalue weighted by Gasteiger charge is -2.41. The van der Waals surface area contributed by atoms with Crippen LogP contribution in [0.3, 0.4) is 0 Å². The van der Waals surface area contributed by atoms with Crippen molar-refractivity contribution in [2.75, 3.05) is 29.0 Å². The molecule has 1 amide bonds. The molecule has 4 heterocycles. The van der Waals surface area contributed by atoms with Crippen LogP contribution < -0.4 is 16.0 Å². The van der Waals surface area contributed by atoms with Gasteiger partial charge in [-0.15, -0.1) is 10.2 Å². The molecule has 0 spiro atoms. The van der Waals surface area contributed by atoms with Gasteiger partial charge in [0.15, 0.2) is 5.01 Å². The topological polar surface area (TPSA) is 133 Å². The number of benzene rings is 1. The fourth-order valence-electron chi connectivity index (χ4n) is 5.25. The number of fused-ring (bicyclic) bond motifs is 2. The second kappa shape index (κ2) is 10.5. The Kier molecular flexibility index (Phi) is 7.27. The van der Waals surface area contributed by atoms with E-state index in [2.05, 4.69) is 25.4 Å². The van der Waals surface area contributed by atoms with Crippen LogP contribution >= 0.6 is 11.3 Å². The Morgan fingerprint density at radius 1 is 1.23 bits per heavy atom. The highest BCUT2D eigenvalue weighted by Crippen LogP contribution is 2.42. The fraction of sp³-hybridized carbons (Fsp3) is 0.464. The minimum Gasteiger partial charge on any atom is -0.444 e. The van der Waals surface area contributed by atoms with Gasteiger partial charge in [-0.05, 0) is 65.7 Å². The average molecular weight is 565 g/mol. The molecule has 2 atom stereocenters. The van der Waals surface area contributed by atoms with E-state index in [1.165, 1.54) is 29.5 Å². The van der Waals surface area contributed by atoms with Gasteiger partial charge < -0.3 is 20.7 Å². The number of amides is 1. The molecular formula is C28H33FN8O2S. The molecule has 3 aromatic rings. The smallest absolute Gasteiger partial charge is 0.410 e. The van der Waals surface area contributed by atoms with Gasteiger partial charge in [-0.3, -0.25) is 9.88 Å². The maximum atomic E-state index is 14.8. The predicted octanol–water partition coefficient (Wildman–Crippen LogP) is 5.27. The van der Waals surface area contributed by atoms with Crippen molar-refractivity contribution in [2.45, 2.75) is 71.2 Å². The molecule has 0 radical (unpaired) electrons. The first kappa shape index (κ1) is 27.6. The van der Waals surface area contributed by atoms with Crippen LogP contribution in [0.5, 0.6) is 0 Å². The molecule has 2 saturated heterocycles.